The molecule has 1 saturated heterocycles. The van der Waals surface area contributed by atoms with Crippen molar-refractivity contribution < 1.29 is 19.0 Å². The molecule has 2 rings (SSSR count). The van der Waals surface area contributed by atoms with Crippen molar-refractivity contribution in [3.05, 3.63) is 34.1 Å². The summed E-state index contributed by atoms with van der Waals surface area (Å²) in [5.41, 5.74) is -1.50. The first kappa shape index (κ1) is 13.5. The highest BCUT2D eigenvalue weighted by Gasteiger charge is 2.57. The van der Waals surface area contributed by atoms with E-state index in [0.717, 1.165) is 4.47 Å². The zero-order valence-electron chi connectivity index (χ0n) is 10.2. The van der Waals surface area contributed by atoms with Crippen LogP contribution < -0.4 is 0 Å². The number of ether oxygens (including phenoxy) is 1. The van der Waals surface area contributed by atoms with Gasteiger partial charge in [-0.1, -0.05) is 15.9 Å². The van der Waals surface area contributed by atoms with Crippen molar-refractivity contribution >= 4 is 21.9 Å². The first-order chi connectivity index (χ1) is 8.31. The minimum absolute atomic E-state index is 0.222. The largest absolute Gasteiger partial charge is 0.481 e. The molecule has 1 N–H and O–H groups in total. The van der Waals surface area contributed by atoms with Gasteiger partial charge in [-0.05, 0) is 32.0 Å². The molecule has 0 unspecified atom stereocenters. The van der Waals surface area contributed by atoms with Crippen LogP contribution in [0.2, 0.25) is 0 Å². The van der Waals surface area contributed by atoms with E-state index in [0.29, 0.717) is 5.56 Å². The van der Waals surface area contributed by atoms with E-state index in [4.69, 9.17) is 4.74 Å². The molecule has 1 heterocycles. The summed E-state index contributed by atoms with van der Waals surface area (Å²) in [6, 6.07) is 4.58. The van der Waals surface area contributed by atoms with E-state index in [-0.39, 0.29) is 13.2 Å². The predicted molar refractivity (Wildman–Crippen MR) is 68.0 cm³/mol. The van der Waals surface area contributed by atoms with Gasteiger partial charge in [-0.2, -0.15) is 0 Å². The molecule has 1 aromatic rings. The first-order valence-electron chi connectivity index (χ1n) is 5.58. The fourth-order valence-electron chi connectivity index (χ4n) is 2.23. The highest BCUT2D eigenvalue weighted by atomic mass is 79.9. The van der Waals surface area contributed by atoms with Gasteiger partial charge in [0.25, 0.3) is 0 Å². The Morgan fingerprint density at radius 1 is 1.50 bits per heavy atom. The van der Waals surface area contributed by atoms with Crippen LogP contribution in [0.5, 0.6) is 0 Å². The maximum atomic E-state index is 14.0. The number of carboxylic acids is 1. The first-order valence-corrected chi connectivity index (χ1v) is 6.37. The van der Waals surface area contributed by atoms with Crippen LogP contribution in [0, 0.1) is 11.2 Å². The van der Waals surface area contributed by atoms with Gasteiger partial charge >= 0.3 is 5.97 Å². The second-order valence-electron chi connectivity index (χ2n) is 5.13. The third kappa shape index (κ3) is 1.77. The molecule has 0 aromatic heterocycles. The van der Waals surface area contributed by atoms with Crippen LogP contribution in [0.1, 0.15) is 19.4 Å². The van der Waals surface area contributed by atoms with Crippen LogP contribution in [-0.4, -0.2) is 24.3 Å². The molecule has 98 valence electrons. The third-order valence-electron chi connectivity index (χ3n) is 3.87. The standard InChI is InChI=1S/C13H14BrFO3/c1-12(2,11(16)17)13(6-18-7-13)9-5-8(14)3-4-10(9)15/h3-5H,6-7H2,1-2H3,(H,16,17). The number of hydrogen-bond donors (Lipinski definition) is 1. The number of benzene rings is 1. The molecule has 0 radical (unpaired) electrons. The monoisotopic (exact) mass is 316 g/mol. The van der Waals surface area contributed by atoms with Gasteiger partial charge < -0.3 is 9.84 Å². The van der Waals surface area contributed by atoms with Gasteiger partial charge in [0.15, 0.2) is 0 Å². The maximum Gasteiger partial charge on any atom is 0.310 e. The van der Waals surface area contributed by atoms with Gasteiger partial charge in [-0.15, -0.1) is 0 Å². The van der Waals surface area contributed by atoms with Crippen molar-refractivity contribution in [1.82, 2.24) is 0 Å². The van der Waals surface area contributed by atoms with Crippen LogP contribution in [0.4, 0.5) is 4.39 Å². The topological polar surface area (TPSA) is 46.5 Å². The van der Waals surface area contributed by atoms with E-state index in [2.05, 4.69) is 15.9 Å². The fraction of sp³-hybridized carbons (Fsp3) is 0.462. The van der Waals surface area contributed by atoms with Crippen LogP contribution in [0.25, 0.3) is 0 Å². The summed E-state index contributed by atoms with van der Waals surface area (Å²) >= 11 is 3.29. The average Bonchev–Trinajstić information content (AvgIpc) is 2.21. The Morgan fingerprint density at radius 2 is 2.11 bits per heavy atom. The summed E-state index contributed by atoms with van der Waals surface area (Å²) in [5.74, 6) is -1.35. The summed E-state index contributed by atoms with van der Waals surface area (Å²) in [6.07, 6.45) is 0. The van der Waals surface area contributed by atoms with E-state index in [1.54, 1.807) is 26.0 Å². The Balaban J connectivity index is 2.57. The van der Waals surface area contributed by atoms with E-state index in [1.807, 2.05) is 0 Å². The second-order valence-corrected chi connectivity index (χ2v) is 6.04. The van der Waals surface area contributed by atoms with E-state index in [9.17, 15) is 14.3 Å². The van der Waals surface area contributed by atoms with Crippen molar-refractivity contribution in [2.75, 3.05) is 13.2 Å². The highest BCUT2D eigenvalue weighted by molar-refractivity contribution is 9.10. The second kappa shape index (κ2) is 4.31. The molecule has 1 aliphatic rings. The van der Waals surface area contributed by atoms with Gasteiger partial charge in [-0.25, -0.2) is 4.39 Å². The number of carbonyl (C=O) groups is 1. The molecule has 1 fully saturated rings. The summed E-state index contributed by atoms with van der Waals surface area (Å²) in [4.78, 5) is 11.4. The molecule has 0 aliphatic carbocycles. The van der Waals surface area contributed by atoms with Gasteiger partial charge in [-0.3, -0.25) is 4.79 Å². The van der Waals surface area contributed by atoms with Crippen molar-refractivity contribution in [2.24, 2.45) is 5.41 Å². The lowest BCUT2D eigenvalue weighted by Gasteiger charge is -2.50. The summed E-state index contributed by atoms with van der Waals surface area (Å²) in [6.45, 7) is 3.66. The Morgan fingerprint density at radius 3 is 2.56 bits per heavy atom. The number of halogens is 2. The number of rotatable bonds is 3. The van der Waals surface area contributed by atoms with Crippen molar-refractivity contribution in [1.29, 1.82) is 0 Å². The Kier molecular flexibility index (Phi) is 3.23. The van der Waals surface area contributed by atoms with Gasteiger partial charge in [0.1, 0.15) is 5.82 Å². The third-order valence-corrected chi connectivity index (χ3v) is 4.37. The predicted octanol–water partition coefficient (Wildman–Crippen LogP) is 2.97. The quantitative estimate of drug-likeness (QED) is 0.932. The maximum absolute atomic E-state index is 14.0. The van der Waals surface area contributed by atoms with E-state index >= 15 is 0 Å². The van der Waals surface area contributed by atoms with Gasteiger partial charge in [0.05, 0.1) is 24.0 Å². The van der Waals surface area contributed by atoms with Crippen LogP contribution in [0.3, 0.4) is 0 Å². The van der Waals surface area contributed by atoms with Crippen LogP contribution in [0.15, 0.2) is 22.7 Å². The van der Waals surface area contributed by atoms with Gasteiger partial charge in [0.2, 0.25) is 0 Å². The molecular weight excluding hydrogens is 303 g/mol. The molecule has 0 atom stereocenters. The average molecular weight is 317 g/mol. The highest BCUT2D eigenvalue weighted by Crippen LogP contribution is 2.48. The Bertz CT molecular complexity index is 495. The molecule has 0 saturated carbocycles. The summed E-state index contributed by atoms with van der Waals surface area (Å²) < 4.78 is 19.9. The lowest BCUT2D eigenvalue weighted by Crippen LogP contribution is -2.60. The molecule has 0 bridgehead atoms. The lowest BCUT2D eigenvalue weighted by atomic mass is 9.60. The van der Waals surface area contributed by atoms with Crippen molar-refractivity contribution in [3.8, 4) is 0 Å². The van der Waals surface area contributed by atoms with E-state index < -0.39 is 22.6 Å². The number of aliphatic carboxylic acids is 1. The molecule has 3 nitrogen and oxygen atoms in total. The number of hydrogen-bond acceptors (Lipinski definition) is 2. The van der Waals surface area contributed by atoms with Gasteiger partial charge in [0, 0.05) is 10.0 Å². The molecular formula is C13H14BrFO3. The summed E-state index contributed by atoms with van der Waals surface area (Å²) in [7, 11) is 0. The Hall–Kier alpha value is -0.940. The van der Waals surface area contributed by atoms with E-state index in [1.165, 1.54) is 6.07 Å². The van der Waals surface area contributed by atoms with Crippen LogP contribution >= 0.6 is 15.9 Å². The Labute approximate surface area is 113 Å². The SMILES string of the molecule is CC(C)(C(=O)O)C1(c2cc(Br)ccc2F)COC1. The normalized spacial score (nSPS) is 18.2. The minimum atomic E-state index is -1.09. The molecule has 1 aromatic carbocycles. The smallest absolute Gasteiger partial charge is 0.310 e. The molecule has 18 heavy (non-hydrogen) atoms. The minimum Gasteiger partial charge on any atom is -0.481 e. The van der Waals surface area contributed by atoms with Crippen molar-refractivity contribution in [3.63, 3.8) is 0 Å². The summed E-state index contributed by atoms with van der Waals surface area (Å²) in [5, 5.41) is 9.37. The van der Waals surface area contributed by atoms with Crippen molar-refractivity contribution in [2.45, 2.75) is 19.3 Å². The number of carboxylic acid groups (broad SMARTS) is 1. The zero-order chi connectivity index (χ0) is 13.6. The lowest BCUT2D eigenvalue weighted by molar-refractivity contribution is -0.171. The molecule has 0 spiro atoms. The molecule has 0 amide bonds. The molecule has 1 aliphatic heterocycles. The fourth-order valence-corrected chi connectivity index (χ4v) is 2.59. The zero-order valence-corrected chi connectivity index (χ0v) is 11.8. The molecule has 5 heteroatoms. The van der Waals surface area contributed by atoms with Crippen LogP contribution in [-0.2, 0) is 14.9 Å².